The van der Waals surface area contributed by atoms with Crippen molar-refractivity contribution in [2.45, 2.75) is 32.6 Å². The molecule has 4 heteroatoms. The highest BCUT2D eigenvalue weighted by molar-refractivity contribution is 5.72. The van der Waals surface area contributed by atoms with E-state index in [1.54, 1.807) is 4.52 Å². The van der Waals surface area contributed by atoms with Crippen molar-refractivity contribution in [3.05, 3.63) is 83.6 Å². The second kappa shape index (κ2) is 7.62. The summed E-state index contributed by atoms with van der Waals surface area (Å²) in [4.78, 5) is 4.94. The van der Waals surface area contributed by atoms with Crippen molar-refractivity contribution in [2.24, 2.45) is 0 Å². The van der Waals surface area contributed by atoms with Crippen LogP contribution in [0.25, 0.3) is 16.9 Å². The summed E-state index contributed by atoms with van der Waals surface area (Å²) in [5, 5.41) is 4.83. The van der Waals surface area contributed by atoms with Gasteiger partial charge in [-0.2, -0.15) is 9.61 Å². The van der Waals surface area contributed by atoms with Crippen molar-refractivity contribution in [1.82, 2.24) is 14.6 Å². The minimum absolute atomic E-state index is 0.641. The maximum atomic E-state index is 6.34. The molecule has 0 bridgehead atoms. The van der Waals surface area contributed by atoms with Gasteiger partial charge in [0.15, 0.2) is 5.65 Å². The fourth-order valence-corrected chi connectivity index (χ4v) is 3.41. The smallest absolute Gasteiger partial charge is 0.161 e. The minimum atomic E-state index is 0.641. The average molecular weight is 356 g/mol. The topological polar surface area (TPSA) is 56.2 Å². The molecule has 4 aromatic rings. The van der Waals surface area contributed by atoms with Crippen LogP contribution in [0.1, 0.15) is 36.6 Å². The van der Waals surface area contributed by atoms with Crippen LogP contribution in [0.2, 0.25) is 0 Å². The zero-order valence-electron chi connectivity index (χ0n) is 15.6. The molecule has 0 aliphatic heterocycles. The first-order chi connectivity index (χ1) is 13.3. The summed E-state index contributed by atoms with van der Waals surface area (Å²) < 4.78 is 1.79. The lowest BCUT2D eigenvalue weighted by Crippen LogP contribution is -2.04. The molecule has 4 rings (SSSR count). The van der Waals surface area contributed by atoms with Crippen LogP contribution in [0.3, 0.4) is 0 Å². The minimum Gasteiger partial charge on any atom is -0.384 e. The van der Waals surface area contributed by atoms with E-state index in [1.165, 1.54) is 5.56 Å². The van der Waals surface area contributed by atoms with Gasteiger partial charge in [0, 0.05) is 29.3 Å². The number of hydrogen-bond donors (Lipinski definition) is 1. The number of benzene rings is 2. The molecule has 2 heterocycles. The van der Waals surface area contributed by atoms with Gasteiger partial charge in [0.2, 0.25) is 0 Å². The van der Waals surface area contributed by atoms with Gasteiger partial charge in [0.1, 0.15) is 5.82 Å². The number of nitrogens with two attached hydrogens (primary N) is 1. The summed E-state index contributed by atoms with van der Waals surface area (Å²) in [5.74, 6) is 0.641. The lowest BCUT2D eigenvalue weighted by atomic mass is 10.0. The number of nitrogen functional groups attached to an aromatic ring is 1. The van der Waals surface area contributed by atoms with Gasteiger partial charge < -0.3 is 5.73 Å². The Kier molecular flexibility index (Phi) is 4.88. The number of nitrogens with zero attached hydrogens (tertiary/aromatic N) is 3. The zero-order valence-corrected chi connectivity index (χ0v) is 15.6. The summed E-state index contributed by atoms with van der Waals surface area (Å²) in [7, 11) is 0. The molecule has 0 radical (unpaired) electrons. The summed E-state index contributed by atoms with van der Waals surface area (Å²) in [5.41, 5.74) is 12.6. The SMILES string of the molecule is CCCCc1cc(N)n2nc(-c3ccccc3)c(Cc3ccccc3)c2n1. The van der Waals surface area contributed by atoms with Gasteiger partial charge in [0.25, 0.3) is 0 Å². The maximum Gasteiger partial charge on any atom is 0.161 e. The molecule has 0 spiro atoms. The van der Waals surface area contributed by atoms with E-state index < -0.39 is 0 Å². The van der Waals surface area contributed by atoms with Gasteiger partial charge in [-0.05, 0) is 18.4 Å². The molecule has 2 aromatic carbocycles. The molecule has 0 saturated heterocycles. The third-order valence-corrected chi connectivity index (χ3v) is 4.82. The van der Waals surface area contributed by atoms with Gasteiger partial charge in [-0.25, -0.2) is 4.98 Å². The van der Waals surface area contributed by atoms with Crippen LogP contribution in [-0.4, -0.2) is 14.6 Å². The van der Waals surface area contributed by atoms with Crippen molar-refractivity contribution in [2.75, 3.05) is 5.73 Å². The van der Waals surface area contributed by atoms with Crippen LogP contribution in [-0.2, 0) is 12.8 Å². The second-order valence-corrected chi connectivity index (χ2v) is 6.87. The van der Waals surface area contributed by atoms with Crippen molar-refractivity contribution in [3.63, 3.8) is 0 Å². The van der Waals surface area contributed by atoms with E-state index in [9.17, 15) is 0 Å². The van der Waals surface area contributed by atoms with E-state index in [2.05, 4.69) is 43.3 Å². The fourth-order valence-electron chi connectivity index (χ4n) is 3.41. The number of fused-ring (bicyclic) bond motifs is 1. The Hall–Kier alpha value is -3.14. The van der Waals surface area contributed by atoms with E-state index in [-0.39, 0.29) is 0 Å². The van der Waals surface area contributed by atoms with E-state index in [0.717, 1.165) is 53.8 Å². The molecule has 27 heavy (non-hydrogen) atoms. The Morgan fingerprint density at radius 2 is 1.67 bits per heavy atom. The number of rotatable bonds is 6. The van der Waals surface area contributed by atoms with Crippen LogP contribution in [0, 0.1) is 0 Å². The Morgan fingerprint density at radius 1 is 0.963 bits per heavy atom. The molecule has 0 unspecified atom stereocenters. The average Bonchev–Trinajstić information content (AvgIpc) is 3.07. The molecular weight excluding hydrogens is 332 g/mol. The first-order valence-electron chi connectivity index (χ1n) is 9.52. The molecule has 0 fully saturated rings. The van der Waals surface area contributed by atoms with Gasteiger partial charge >= 0.3 is 0 Å². The summed E-state index contributed by atoms with van der Waals surface area (Å²) in [6, 6.07) is 22.7. The van der Waals surface area contributed by atoms with Crippen LogP contribution in [0.4, 0.5) is 5.82 Å². The maximum absolute atomic E-state index is 6.34. The molecule has 0 aliphatic rings. The lowest BCUT2D eigenvalue weighted by molar-refractivity contribution is 0.773. The van der Waals surface area contributed by atoms with Crippen LogP contribution < -0.4 is 5.73 Å². The zero-order chi connectivity index (χ0) is 18.6. The Morgan fingerprint density at radius 3 is 2.37 bits per heavy atom. The summed E-state index contributed by atoms with van der Waals surface area (Å²) in [6.45, 7) is 2.19. The fraction of sp³-hybridized carbons (Fsp3) is 0.217. The Labute approximate surface area is 159 Å². The molecule has 136 valence electrons. The molecule has 0 saturated carbocycles. The predicted octanol–water partition coefficient (Wildman–Crippen LogP) is 4.91. The predicted molar refractivity (Wildman–Crippen MR) is 111 cm³/mol. The second-order valence-electron chi connectivity index (χ2n) is 6.87. The largest absolute Gasteiger partial charge is 0.384 e. The lowest BCUT2D eigenvalue weighted by Gasteiger charge is -2.06. The Balaban J connectivity index is 1.90. The van der Waals surface area contributed by atoms with Crippen LogP contribution in [0.5, 0.6) is 0 Å². The van der Waals surface area contributed by atoms with Gasteiger partial charge in [-0.3, -0.25) is 0 Å². The molecule has 4 nitrogen and oxygen atoms in total. The first-order valence-corrected chi connectivity index (χ1v) is 9.52. The molecule has 0 amide bonds. The van der Waals surface area contributed by atoms with Crippen LogP contribution in [0.15, 0.2) is 66.7 Å². The molecular formula is C23H24N4. The first kappa shape index (κ1) is 17.3. The summed E-state index contributed by atoms with van der Waals surface area (Å²) >= 11 is 0. The van der Waals surface area contributed by atoms with Crippen LogP contribution >= 0.6 is 0 Å². The highest BCUT2D eigenvalue weighted by Crippen LogP contribution is 2.29. The monoisotopic (exact) mass is 356 g/mol. The standard InChI is InChI=1S/C23H24N4/c1-2-3-14-19-16-21(24)27-23(25-19)20(15-17-10-6-4-7-11-17)22(26-27)18-12-8-5-9-13-18/h4-13,16H,2-3,14-15,24H2,1H3. The van der Waals surface area contributed by atoms with Gasteiger partial charge in [-0.1, -0.05) is 74.0 Å². The van der Waals surface area contributed by atoms with Crippen molar-refractivity contribution < 1.29 is 0 Å². The number of aromatic nitrogens is 3. The van der Waals surface area contributed by atoms with Gasteiger partial charge in [-0.15, -0.1) is 0 Å². The van der Waals surface area contributed by atoms with E-state index in [4.69, 9.17) is 15.8 Å². The van der Waals surface area contributed by atoms with E-state index >= 15 is 0 Å². The highest BCUT2D eigenvalue weighted by Gasteiger charge is 2.18. The molecule has 0 aliphatic carbocycles. The van der Waals surface area contributed by atoms with Crippen molar-refractivity contribution >= 4 is 11.5 Å². The van der Waals surface area contributed by atoms with Gasteiger partial charge in [0.05, 0.1) is 5.69 Å². The normalized spacial score (nSPS) is 11.1. The summed E-state index contributed by atoms with van der Waals surface area (Å²) in [6.07, 6.45) is 3.96. The molecule has 2 N–H and O–H groups in total. The van der Waals surface area contributed by atoms with E-state index in [0.29, 0.717) is 5.82 Å². The highest BCUT2D eigenvalue weighted by atomic mass is 15.3. The molecule has 0 atom stereocenters. The number of unbranched alkanes of at least 4 members (excludes halogenated alkanes) is 1. The molecule has 2 aromatic heterocycles. The third-order valence-electron chi connectivity index (χ3n) is 4.82. The number of anilines is 1. The van der Waals surface area contributed by atoms with E-state index in [1.807, 2.05) is 30.3 Å². The van der Waals surface area contributed by atoms with Crippen molar-refractivity contribution in [1.29, 1.82) is 0 Å². The number of aryl methyl sites for hydroxylation is 1. The van der Waals surface area contributed by atoms with Crippen molar-refractivity contribution in [3.8, 4) is 11.3 Å². The third kappa shape index (κ3) is 3.56. The Bertz CT molecular complexity index is 1040. The quantitative estimate of drug-likeness (QED) is 0.534. The number of hydrogen-bond acceptors (Lipinski definition) is 3.